The predicted molar refractivity (Wildman–Crippen MR) is 134 cm³/mol. The highest BCUT2D eigenvalue weighted by Crippen LogP contribution is 2.27. The summed E-state index contributed by atoms with van der Waals surface area (Å²) in [5.41, 5.74) is 7.06. The lowest BCUT2D eigenvalue weighted by Gasteiger charge is -2.08. The van der Waals surface area contributed by atoms with E-state index >= 15 is 0 Å². The van der Waals surface area contributed by atoms with E-state index in [2.05, 4.69) is 40.6 Å². The van der Waals surface area contributed by atoms with Crippen LogP contribution in [0, 0.1) is 13.8 Å². The van der Waals surface area contributed by atoms with Gasteiger partial charge < -0.3 is 0 Å². The molecule has 34 heavy (non-hydrogen) atoms. The summed E-state index contributed by atoms with van der Waals surface area (Å²) in [4.78, 5) is 21.8. The zero-order chi connectivity index (χ0) is 24.3. The van der Waals surface area contributed by atoms with Gasteiger partial charge in [0.15, 0.2) is 15.5 Å². The number of benzene rings is 2. The molecule has 2 aromatic carbocycles. The van der Waals surface area contributed by atoms with E-state index in [4.69, 9.17) is 4.98 Å². The lowest BCUT2D eigenvalue weighted by atomic mass is 10.0. The van der Waals surface area contributed by atoms with Gasteiger partial charge in [-0.3, -0.25) is 14.2 Å². The maximum atomic E-state index is 12.4. The number of sulfone groups is 1. The minimum Gasteiger partial charge on any atom is -0.299 e. The molecule has 0 radical (unpaired) electrons. The monoisotopic (exact) mass is 475 g/mol. The lowest BCUT2D eigenvalue weighted by Crippen LogP contribution is -2.16. The number of carbonyl (C=O) groups excluding carboxylic acids is 1. The van der Waals surface area contributed by atoms with Crippen LogP contribution in [0.3, 0.4) is 0 Å². The largest absolute Gasteiger partial charge is 0.299 e. The van der Waals surface area contributed by atoms with Crippen molar-refractivity contribution >= 4 is 21.3 Å². The number of hydrogen-bond donors (Lipinski definition) is 0. The molecule has 0 amide bonds. The Hall–Kier alpha value is -3.32. The van der Waals surface area contributed by atoms with E-state index in [1.165, 1.54) is 12.1 Å². The number of aryl methyl sites for hydroxylation is 4. The first kappa shape index (κ1) is 23.8. The van der Waals surface area contributed by atoms with Crippen LogP contribution in [0.15, 0.2) is 65.7 Å². The fourth-order valence-electron chi connectivity index (χ4n) is 4.26. The predicted octanol–water partition coefficient (Wildman–Crippen LogP) is 4.94. The highest BCUT2D eigenvalue weighted by Gasteiger charge is 2.19. The van der Waals surface area contributed by atoms with Gasteiger partial charge in [-0.15, -0.1) is 0 Å². The molecular weight excluding hydrogens is 446 g/mol. The topological polar surface area (TPSA) is 81.4 Å². The van der Waals surface area contributed by atoms with Crippen LogP contribution in [0.4, 0.5) is 0 Å². The standard InChI is InChI=1S/C27H29N3O3S/c1-4-25-26(30-17-19(2)28-20(3)27(30)29-25)22-15-13-21(14-16-22)9-8-10-23(31)18-34(32,33)24-11-6-5-7-12-24/h5-7,11-17H,4,8-10,18H2,1-3H3. The van der Waals surface area contributed by atoms with Crippen molar-refractivity contribution in [1.82, 2.24) is 14.4 Å². The van der Waals surface area contributed by atoms with Crippen LogP contribution in [0.2, 0.25) is 0 Å². The van der Waals surface area contributed by atoms with Crippen molar-refractivity contribution in [2.45, 2.75) is 51.3 Å². The number of nitrogens with zero attached hydrogens (tertiary/aromatic N) is 3. The van der Waals surface area contributed by atoms with Crippen LogP contribution in [0.25, 0.3) is 16.9 Å². The Labute approximate surface area is 200 Å². The molecule has 2 aromatic heterocycles. The lowest BCUT2D eigenvalue weighted by molar-refractivity contribution is -0.116. The summed E-state index contributed by atoms with van der Waals surface area (Å²) in [6.07, 6.45) is 4.42. The molecule has 0 aliphatic heterocycles. The fraction of sp³-hybridized carbons (Fsp3) is 0.296. The van der Waals surface area contributed by atoms with Gasteiger partial charge in [0.05, 0.1) is 27.7 Å². The molecule has 0 aliphatic carbocycles. The summed E-state index contributed by atoms with van der Waals surface area (Å²) >= 11 is 0. The van der Waals surface area contributed by atoms with Gasteiger partial charge in [0.25, 0.3) is 0 Å². The minimum atomic E-state index is -3.58. The van der Waals surface area contributed by atoms with Crippen molar-refractivity contribution in [2.75, 3.05) is 5.75 Å². The van der Waals surface area contributed by atoms with Crippen LogP contribution < -0.4 is 0 Å². The molecule has 176 valence electrons. The molecule has 0 aliphatic rings. The van der Waals surface area contributed by atoms with E-state index in [9.17, 15) is 13.2 Å². The van der Waals surface area contributed by atoms with Crippen LogP contribution in [0.5, 0.6) is 0 Å². The highest BCUT2D eigenvalue weighted by atomic mass is 32.2. The van der Waals surface area contributed by atoms with Gasteiger partial charge in [-0.1, -0.05) is 49.4 Å². The summed E-state index contributed by atoms with van der Waals surface area (Å²) in [6, 6.07) is 16.4. The zero-order valence-corrected chi connectivity index (χ0v) is 20.6. The van der Waals surface area contributed by atoms with Gasteiger partial charge >= 0.3 is 0 Å². The van der Waals surface area contributed by atoms with Gasteiger partial charge in [0.2, 0.25) is 0 Å². The second-order valence-corrected chi connectivity index (χ2v) is 10.6. The number of hydrogen-bond acceptors (Lipinski definition) is 5. The van der Waals surface area contributed by atoms with Crippen molar-refractivity contribution in [3.05, 3.63) is 83.4 Å². The number of imidazole rings is 1. The molecule has 6 nitrogen and oxygen atoms in total. The number of Topliss-reactive ketones (excluding diaryl/α,β-unsaturated/α-hetero) is 1. The second-order valence-electron chi connectivity index (χ2n) is 8.58. The highest BCUT2D eigenvalue weighted by molar-refractivity contribution is 7.92. The number of carbonyl (C=O) groups is 1. The number of ketones is 1. The van der Waals surface area contributed by atoms with Crippen LogP contribution >= 0.6 is 0 Å². The van der Waals surface area contributed by atoms with Gasteiger partial charge in [-0.2, -0.15) is 0 Å². The van der Waals surface area contributed by atoms with Crippen molar-refractivity contribution in [3.8, 4) is 11.3 Å². The van der Waals surface area contributed by atoms with E-state index in [0.29, 0.717) is 12.8 Å². The third-order valence-corrected chi connectivity index (χ3v) is 7.60. The average molecular weight is 476 g/mol. The molecule has 4 rings (SSSR count). The zero-order valence-electron chi connectivity index (χ0n) is 19.8. The van der Waals surface area contributed by atoms with E-state index in [1.807, 2.05) is 20.0 Å². The molecule has 0 N–H and O–H groups in total. The van der Waals surface area contributed by atoms with Gasteiger partial charge in [0.1, 0.15) is 11.5 Å². The fourth-order valence-corrected chi connectivity index (χ4v) is 5.56. The van der Waals surface area contributed by atoms with Gasteiger partial charge in [0, 0.05) is 18.2 Å². The minimum absolute atomic E-state index is 0.193. The quantitative estimate of drug-likeness (QED) is 0.342. The van der Waals surface area contributed by atoms with E-state index in [-0.39, 0.29) is 17.1 Å². The SMILES string of the molecule is CCc1nc2c(C)nc(C)cn2c1-c1ccc(CCCC(=O)CS(=O)(=O)c2ccccc2)cc1. The average Bonchev–Trinajstić information content (AvgIpc) is 3.18. The summed E-state index contributed by atoms with van der Waals surface area (Å²) in [5.74, 6) is -0.698. The Morgan fingerprint density at radius 2 is 1.68 bits per heavy atom. The molecule has 0 fully saturated rings. The Morgan fingerprint density at radius 3 is 2.35 bits per heavy atom. The molecule has 4 aromatic rings. The molecule has 0 spiro atoms. The molecule has 7 heteroatoms. The van der Waals surface area contributed by atoms with Crippen LogP contribution in [-0.4, -0.2) is 34.3 Å². The first-order chi connectivity index (χ1) is 16.3. The van der Waals surface area contributed by atoms with Crippen LogP contribution in [-0.2, 0) is 27.5 Å². The Morgan fingerprint density at radius 1 is 0.971 bits per heavy atom. The first-order valence-electron chi connectivity index (χ1n) is 11.5. The molecule has 2 heterocycles. The molecule has 0 saturated carbocycles. The van der Waals surface area contributed by atoms with E-state index in [1.54, 1.807) is 18.2 Å². The number of fused-ring (bicyclic) bond motifs is 1. The van der Waals surface area contributed by atoms with Crippen LogP contribution in [0.1, 0.15) is 42.4 Å². The Balaban J connectivity index is 1.42. The van der Waals surface area contributed by atoms with E-state index < -0.39 is 15.6 Å². The summed E-state index contributed by atoms with van der Waals surface area (Å²) in [6.45, 7) is 6.07. The molecule has 0 saturated heterocycles. The molecular formula is C27H29N3O3S. The molecule has 0 unspecified atom stereocenters. The summed E-state index contributed by atoms with van der Waals surface area (Å²) < 4.78 is 26.9. The Bertz CT molecular complexity index is 1420. The first-order valence-corrected chi connectivity index (χ1v) is 13.2. The number of aromatic nitrogens is 3. The van der Waals surface area contributed by atoms with Crippen molar-refractivity contribution < 1.29 is 13.2 Å². The molecule has 0 atom stereocenters. The van der Waals surface area contributed by atoms with Gasteiger partial charge in [-0.25, -0.2) is 13.4 Å². The third-order valence-electron chi connectivity index (χ3n) is 5.90. The van der Waals surface area contributed by atoms with Crippen molar-refractivity contribution in [3.63, 3.8) is 0 Å². The van der Waals surface area contributed by atoms with Crippen molar-refractivity contribution in [2.24, 2.45) is 0 Å². The van der Waals surface area contributed by atoms with Gasteiger partial charge in [-0.05, 0) is 50.8 Å². The molecule has 0 bridgehead atoms. The van der Waals surface area contributed by atoms with Crippen molar-refractivity contribution in [1.29, 1.82) is 0 Å². The maximum absolute atomic E-state index is 12.4. The summed E-state index contributed by atoms with van der Waals surface area (Å²) in [5, 5.41) is 0. The second kappa shape index (κ2) is 9.89. The smallest absolute Gasteiger partial charge is 0.185 e. The summed E-state index contributed by atoms with van der Waals surface area (Å²) in [7, 11) is -3.58. The maximum Gasteiger partial charge on any atom is 0.185 e. The Kier molecular flexibility index (Phi) is 6.93. The normalized spacial score (nSPS) is 11.7. The van der Waals surface area contributed by atoms with E-state index in [0.717, 1.165) is 46.0 Å². The third kappa shape index (κ3) is 5.09. The number of rotatable bonds is 9.